The van der Waals surface area contributed by atoms with E-state index in [-0.39, 0.29) is 11.9 Å². The minimum Gasteiger partial charge on any atom is -0.496 e. The van der Waals surface area contributed by atoms with Gasteiger partial charge in [0.2, 0.25) is 5.95 Å². The third-order valence-corrected chi connectivity index (χ3v) is 5.05. The molecule has 0 aliphatic heterocycles. The van der Waals surface area contributed by atoms with Crippen LogP contribution in [0.2, 0.25) is 0 Å². The fourth-order valence-corrected chi connectivity index (χ4v) is 3.51. The number of nitrogens with one attached hydrogen (secondary N) is 2. The van der Waals surface area contributed by atoms with Crippen LogP contribution in [0.3, 0.4) is 0 Å². The van der Waals surface area contributed by atoms with E-state index < -0.39 is 0 Å². The molecule has 1 aliphatic rings. The number of anilines is 2. The predicted molar refractivity (Wildman–Crippen MR) is 111 cm³/mol. The summed E-state index contributed by atoms with van der Waals surface area (Å²) in [6.45, 7) is 1.98. The van der Waals surface area contributed by atoms with Crippen molar-refractivity contribution in [3.63, 3.8) is 0 Å². The van der Waals surface area contributed by atoms with Crippen molar-refractivity contribution in [2.75, 3.05) is 31.4 Å². The Labute approximate surface area is 166 Å². The zero-order valence-electron chi connectivity index (χ0n) is 17.0. The van der Waals surface area contributed by atoms with Crippen LogP contribution < -0.4 is 20.3 Å². The second-order valence-corrected chi connectivity index (χ2v) is 7.45. The molecule has 0 bridgehead atoms. The first kappa shape index (κ1) is 19.9. The molecule has 1 aromatic heterocycles. The highest BCUT2D eigenvalue weighted by atomic mass is 16.5. The third-order valence-electron chi connectivity index (χ3n) is 5.05. The number of amides is 1. The summed E-state index contributed by atoms with van der Waals surface area (Å²) in [5.41, 5.74) is 1.52. The largest absolute Gasteiger partial charge is 0.496 e. The molecule has 150 valence electrons. The lowest BCUT2D eigenvalue weighted by molar-refractivity contribution is 0.0923. The zero-order valence-corrected chi connectivity index (χ0v) is 17.0. The lowest BCUT2D eigenvalue weighted by Gasteiger charge is -2.30. The van der Waals surface area contributed by atoms with Crippen LogP contribution in [0.5, 0.6) is 5.75 Å². The van der Waals surface area contributed by atoms with Gasteiger partial charge in [0.15, 0.2) is 0 Å². The monoisotopic (exact) mass is 383 g/mol. The lowest BCUT2D eigenvalue weighted by Crippen LogP contribution is -2.40. The number of carbonyl (C=O) groups excluding carboxylic acids is 1. The van der Waals surface area contributed by atoms with E-state index in [1.54, 1.807) is 19.2 Å². The maximum atomic E-state index is 12.6. The van der Waals surface area contributed by atoms with E-state index in [2.05, 4.69) is 20.6 Å². The van der Waals surface area contributed by atoms with Crippen molar-refractivity contribution >= 4 is 17.7 Å². The Balaban J connectivity index is 1.54. The van der Waals surface area contributed by atoms with Gasteiger partial charge in [-0.05, 0) is 44.7 Å². The number of hydrogen-bond acceptors (Lipinski definition) is 6. The summed E-state index contributed by atoms with van der Waals surface area (Å²) >= 11 is 0. The standard InChI is InChI=1S/C21H29N5O2/c1-14-13-19(26(2)3)25-21(22-14)24-16-11-9-15(10-12-16)23-20(27)17-7-5-6-8-18(17)28-4/h5-8,13,15-16H,9-12H2,1-4H3,(H,23,27)(H,22,24,25). The van der Waals surface area contributed by atoms with E-state index in [4.69, 9.17) is 4.74 Å². The maximum Gasteiger partial charge on any atom is 0.255 e. The molecule has 3 rings (SSSR count). The summed E-state index contributed by atoms with van der Waals surface area (Å²) in [6.07, 6.45) is 3.77. The van der Waals surface area contributed by atoms with E-state index in [9.17, 15) is 4.79 Å². The Bertz CT molecular complexity index is 816. The average molecular weight is 383 g/mol. The van der Waals surface area contributed by atoms with Crippen molar-refractivity contribution in [2.24, 2.45) is 0 Å². The number of ether oxygens (including phenoxy) is 1. The molecule has 2 N–H and O–H groups in total. The Kier molecular flexibility index (Phi) is 6.34. The van der Waals surface area contributed by atoms with Crippen LogP contribution in [0.4, 0.5) is 11.8 Å². The summed E-state index contributed by atoms with van der Waals surface area (Å²) in [7, 11) is 5.53. The molecule has 1 amide bonds. The molecule has 1 aliphatic carbocycles. The highest BCUT2D eigenvalue weighted by Gasteiger charge is 2.24. The Hall–Kier alpha value is -2.83. The molecule has 28 heavy (non-hydrogen) atoms. The topological polar surface area (TPSA) is 79.4 Å². The molecule has 0 spiro atoms. The summed E-state index contributed by atoms with van der Waals surface area (Å²) in [6, 6.07) is 9.76. The van der Waals surface area contributed by atoms with Crippen molar-refractivity contribution < 1.29 is 9.53 Å². The number of aromatic nitrogens is 2. The van der Waals surface area contributed by atoms with Gasteiger partial charge in [-0.2, -0.15) is 4.98 Å². The number of nitrogens with zero attached hydrogens (tertiary/aromatic N) is 3. The van der Waals surface area contributed by atoms with Gasteiger partial charge in [-0.3, -0.25) is 4.79 Å². The van der Waals surface area contributed by atoms with E-state index >= 15 is 0 Å². The normalized spacial score (nSPS) is 19.0. The van der Waals surface area contributed by atoms with Crippen molar-refractivity contribution in [1.82, 2.24) is 15.3 Å². The van der Waals surface area contributed by atoms with Gasteiger partial charge in [0, 0.05) is 37.9 Å². The van der Waals surface area contributed by atoms with E-state index in [1.165, 1.54) is 0 Å². The van der Waals surface area contributed by atoms with Crippen LogP contribution in [-0.4, -0.2) is 49.2 Å². The number of carbonyl (C=O) groups is 1. The number of para-hydroxylation sites is 1. The Morgan fingerprint density at radius 1 is 1.11 bits per heavy atom. The zero-order chi connectivity index (χ0) is 20.1. The van der Waals surface area contributed by atoms with Crippen molar-refractivity contribution in [3.05, 3.63) is 41.6 Å². The Morgan fingerprint density at radius 3 is 2.46 bits per heavy atom. The number of methoxy groups -OCH3 is 1. The van der Waals surface area contributed by atoms with Crippen molar-refractivity contribution in [2.45, 2.75) is 44.7 Å². The molecule has 0 unspecified atom stereocenters. The molecular weight excluding hydrogens is 354 g/mol. The minimum atomic E-state index is -0.0773. The molecule has 0 radical (unpaired) electrons. The number of benzene rings is 1. The molecule has 1 aromatic carbocycles. The van der Waals surface area contributed by atoms with Gasteiger partial charge in [0.05, 0.1) is 12.7 Å². The molecule has 2 aromatic rings. The van der Waals surface area contributed by atoms with Crippen LogP contribution in [0, 0.1) is 6.92 Å². The van der Waals surface area contributed by atoms with Crippen LogP contribution in [-0.2, 0) is 0 Å². The first-order chi connectivity index (χ1) is 13.5. The van der Waals surface area contributed by atoms with Gasteiger partial charge in [-0.25, -0.2) is 4.98 Å². The smallest absolute Gasteiger partial charge is 0.255 e. The first-order valence-corrected chi connectivity index (χ1v) is 9.69. The van der Waals surface area contributed by atoms with E-state index in [1.807, 2.05) is 44.1 Å². The number of hydrogen-bond donors (Lipinski definition) is 2. The van der Waals surface area contributed by atoms with E-state index in [0.29, 0.717) is 23.3 Å². The summed E-state index contributed by atoms with van der Waals surface area (Å²) in [5, 5.41) is 6.60. The lowest BCUT2D eigenvalue weighted by atomic mass is 9.91. The van der Waals surface area contributed by atoms with Gasteiger partial charge in [0.1, 0.15) is 11.6 Å². The molecule has 7 nitrogen and oxygen atoms in total. The van der Waals surface area contributed by atoms with Crippen LogP contribution in [0.15, 0.2) is 30.3 Å². The number of rotatable bonds is 6. The molecular formula is C21H29N5O2. The second kappa shape index (κ2) is 8.91. The Morgan fingerprint density at radius 2 is 1.79 bits per heavy atom. The molecule has 0 saturated heterocycles. The molecule has 7 heteroatoms. The molecule has 0 atom stereocenters. The quantitative estimate of drug-likeness (QED) is 0.798. The van der Waals surface area contributed by atoms with Crippen molar-refractivity contribution in [1.29, 1.82) is 0 Å². The number of aryl methyl sites for hydroxylation is 1. The molecule has 1 saturated carbocycles. The fourth-order valence-electron chi connectivity index (χ4n) is 3.51. The van der Waals surface area contributed by atoms with Gasteiger partial charge >= 0.3 is 0 Å². The summed E-state index contributed by atoms with van der Waals surface area (Å²) in [5.74, 6) is 2.09. The predicted octanol–water partition coefficient (Wildman–Crippen LogP) is 3.01. The molecule has 1 fully saturated rings. The molecule has 1 heterocycles. The highest BCUT2D eigenvalue weighted by Crippen LogP contribution is 2.24. The van der Waals surface area contributed by atoms with E-state index in [0.717, 1.165) is 37.2 Å². The fraction of sp³-hybridized carbons (Fsp3) is 0.476. The van der Waals surface area contributed by atoms with Gasteiger partial charge < -0.3 is 20.3 Å². The van der Waals surface area contributed by atoms with Crippen LogP contribution in [0.25, 0.3) is 0 Å². The van der Waals surface area contributed by atoms with Gasteiger partial charge in [-0.1, -0.05) is 12.1 Å². The SMILES string of the molecule is COc1ccccc1C(=O)NC1CCC(Nc2nc(C)cc(N(C)C)n2)CC1. The highest BCUT2D eigenvalue weighted by molar-refractivity contribution is 5.97. The minimum absolute atomic E-state index is 0.0773. The average Bonchev–Trinajstić information content (AvgIpc) is 2.69. The van der Waals surface area contributed by atoms with Crippen LogP contribution in [0.1, 0.15) is 41.7 Å². The van der Waals surface area contributed by atoms with Crippen molar-refractivity contribution in [3.8, 4) is 5.75 Å². The maximum absolute atomic E-state index is 12.6. The van der Waals surface area contributed by atoms with Crippen LogP contribution >= 0.6 is 0 Å². The summed E-state index contributed by atoms with van der Waals surface area (Å²) in [4.78, 5) is 23.6. The summed E-state index contributed by atoms with van der Waals surface area (Å²) < 4.78 is 5.29. The van der Waals surface area contributed by atoms with Gasteiger partial charge in [-0.15, -0.1) is 0 Å². The first-order valence-electron chi connectivity index (χ1n) is 9.69. The second-order valence-electron chi connectivity index (χ2n) is 7.45. The van der Waals surface area contributed by atoms with Gasteiger partial charge in [0.25, 0.3) is 5.91 Å². The third kappa shape index (κ3) is 4.91.